The zero-order valence-corrected chi connectivity index (χ0v) is 21.7. The molecule has 0 radical (unpaired) electrons. The first-order valence-electron chi connectivity index (χ1n) is 12.9. The van der Waals surface area contributed by atoms with Crippen LogP contribution >= 0.6 is 0 Å². The number of aliphatic hydroxyl groups excluding tert-OH is 3. The summed E-state index contributed by atoms with van der Waals surface area (Å²) in [5, 5.41) is 33.6. The quantitative estimate of drug-likeness (QED) is 0.352. The second-order valence-electron chi connectivity index (χ2n) is 9.90. The third-order valence-electron chi connectivity index (χ3n) is 7.24. The predicted octanol–water partition coefficient (Wildman–Crippen LogP) is 2.41. The van der Waals surface area contributed by atoms with Gasteiger partial charge in [0.25, 0.3) is 0 Å². The zero-order chi connectivity index (χ0) is 26.4. The SMILES string of the molecule is COc1cccc(CO[C@@H]2CCC[C@H]2Nc2ncnc(C)c2N=CC(C)[C@@H]2OCC(CO)[C@@H](O)[C@H]2O)c1. The van der Waals surface area contributed by atoms with E-state index in [0.29, 0.717) is 18.1 Å². The van der Waals surface area contributed by atoms with Gasteiger partial charge in [0.05, 0.1) is 57.0 Å². The molecule has 10 nitrogen and oxygen atoms in total. The van der Waals surface area contributed by atoms with Gasteiger partial charge in [-0.1, -0.05) is 19.1 Å². The second-order valence-corrected chi connectivity index (χ2v) is 9.90. The Bertz CT molecular complexity index is 1050. The van der Waals surface area contributed by atoms with E-state index in [1.807, 2.05) is 38.1 Å². The lowest BCUT2D eigenvalue weighted by Gasteiger charge is -2.38. The molecule has 2 aliphatic rings. The topological polar surface area (TPSA) is 139 Å². The van der Waals surface area contributed by atoms with Crippen molar-refractivity contribution in [3.63, 3.8) is 0 Å². The van der Waals surface area contributed by atoms with Gasteiger partial charge in [-0.2, -0.15) is 0 Å². The summed E-state index contributed by atoms with van der Waals surface area (Å²) < 4.78 is 17.3. The number of nitrogens with zero attached hydrogens (tertiary/aromatic N) is 3. The number of nitrogens with one attached hydrogen (secondary N) is 1. The maximum atomic E-state index is 10.5. The average Bonchev–Trinajstić information content (AvgIpc) is 3.35. The highest BCUT2D eigenvalue weighted by Gasteiger charge is 2.40. The lowest BCUT2D eigenvalue weighted by molar-refractivity contribution is -0.177. The normalized spacial score (nSPS) is 28.9. The molecule has 37 heavy (non-hydrogen) atoms. The number of aryl methyl sites for hydroxylation is 1. The second kappa shape index (κ2) is 12.7. The van der Waals surface area contributed by atoms with Crippen LogP contribution in [0.15, 0.2) is 35.6 Å². The van der Waals surface area contributed by atoms with Crippen LogP contribution < -0.4 is 10.1 Å². The summed E-state index contributed by atoms with van der Waals surface area (Å²) in [4.78, 5) is 13.4. The summed E-state index contributed by atoms with van der Waals surface area (Å²) in [7, 11) is 1.65. The van der Waals surface area contributed by atoms with Crippen molar-refractivity contribution >= 4 is 17.7 Å². The molecule has 0 amide bonds. The van der Waals surface area contributed by atoms with Gasteiger partial charge in [-0.25, -0.2) is 9.97 Å². The number of hydrogen-bond donors (Lipinski definition) is 4. The summed E-state index contributed by atoms with van der Waals surface area (Å²) in [5.41, 5.74) is 2.40. The van der Waals surface area contributed by atoms with Crippen LogP contribution in [0.25, 0.3) is 0 Å². The molecule has 0 bridgehead atoms. The molecule has 10 heteroatoms. The van der Waals surface area contributed by atoms with E-state index in [9.17, 15) is 15.3 Å². The molecule has 4 rings (SSSR count). The van der Waals surface area contributed by atoms with Crippen LogP contribution in [0.3, 0.4) is 0 Å². The molecular formula is C27H38N4O6. The Morgan fingerprint density at radius 2 is 2.08 bits per heavy atom. The molecule has 2 unspecified atom stereocenters. The molecule has 2 aromatic rings. The number of ether oxygens (including phenoxy) is 3. The smallest absolute Gasteiger partial charge is 0.155 e. The monoisotopic (exact) mass is 514 g/mol. The Kier molecular flexibility index (Phi) is 9.44. The maximum Gasteiger partial charge on any atom is 0.155 e. The fraction of sp³-hybridized carbons (Fsp3) is 0.593. The minimum atomic E-state index is -1.11. The Balaban J connectivity index is 1.42. The highest BCUT2D eigenvalue weighted by Crippen LogP contribution is 2.32. The van der Waals surface area contributed by atoms with Crippen molar-refractivity contribution in [3.05, 3.63) is 41.9 Å². The first-order chi connectivity index (χ1) is 17.9. The van der Waals surface area contributed by atoms with Gasteiger partial charge in [-0.15, -0.1) is 0 Å². The number of rotatable bonds is 10. The molecule has 1 aliphatic carbocycles. The van der Waals surface area contributed by atoms with Gasteiger partial charge in [0.1, 0.15) is 23.9 Å². The van der Waals surface area contributed by atoms with Gasteiger partial charge in [0, 0.05) is 18.1 Å². The summed E-state index contributed by atoms with van der Waals surface area (Å²) in [5.74, 6) is 0.649. The Morgan fingerprint density at radius 3 is 2.86 bits per heavy atom. The maximum absolute atomic E-state index is 10.5. The lowest BCUT2D eigenvalue weighted by Crippen LogP contribution is -2.53. The van der Waals surface area contributed by atoms with E-state index < -0.39 is 24.2 Å². The van der Waals surface area contributed by atoms with Crippen LogP contribution in [0.2, 0.25) is 0 Å². The van der Waals surface area contributed by atoms with Crippen molar-refractivity contribution in [1.29, 1.82) is 0 Å². The highest BCUT2D eigenvalue weighted by molar-refractivity contribution is 5.73. The number of aliphatic imine (C=N–C) groups is 1. The number of benzene rings is 1. The average molecular weight is 515 g/mol. The number of anilines is 1. The van der Waals surface area contributed by atoms with Gasteiger partial charge in [0.15, 0.2) is 5.82 Å². The molecule has 2 heterocycles. The summed E-state index contributed by atoms with van der Waals surface area (Å²) in [6.45, 7) is 4.18. The van der Waals surface area contributed by atoms with E-state index in [4.69, 9.17) is 14.2 Å². The van der Waals surface area contributed by atoms with Crippen molar-refractivity contribution in [2.45, 2.75) is 70.2 Å². The minimum Gasteiger partial charge on any atom is -0.497 e. The van der Waals surface area contributed by atoms with Crippen molar-refractivity contribution in [2.24, 2.45) is 16.8 Å². The fourth-order valence-corrected chi connectivity index (χ4v) is 4.96. The number of hydrogen-bond acceptors (Lipinski definition) is 10. The summed E-state index contributed by atoms with van der Waals surface area (Å²) >= 11 is 0. The van der Waals surface area contributed by atoms with Crippen LogP contribution in [-0.4, -0.2) is 82.3 Å². The molecule has 202 valence electrons. The highest BCUT2D eigenvalue weighted by atomic mass is 16.5. The van der Waals surface area contributed by atoms with Crippen LogP contribution in [-0.2, 0) is 16.1 Å². The minimum absolute atomic E-state index is 0.0315. The number of aromatic nitrogens is 2. The standard InChI is InChI=1S/C27H38N4O6/c1-16(26-25(34)24(33)19(12-32)14-37-26)11-28-23-17(2)29-15-30-27(23)31-21-8-5-9-22(21)36-13-18-6-4-7-20(10-18)35-3/h4,6-7,10-11,15-16,19,21-22,24-26,32-34H,5,8-9,12-14H2,1-3H3,(H,29,30,31)/t16?,19?,21-,22-,24-,25-,26+/m1/s1. The summed E-state index contributed by atoms with van der Waals surface area (Å²) in [6.07, 6.45) is 3.41. The first-order valence-corrected chi connectivity index (χ1v) is 12.9. The van der Waals surface area contributed by atoms with E-state index in [1.165, 1.54) is 6.33 Å². The molecule has 2 fully saturated rings. The van der Waals surface area contributed by atoms with Crippen LogP contribution in [0.4, 0.5) is 11.5 Å². The van der Waals surface area contributed by atoms with Gasteiger partial charge in [-0.05, 0) is 43.9 Å². The van der Waals surface area contributed by atoms with E-state index in [-0.39, 0.29) is 31.3 Å². The molecule has 1 aromatic heterocycles. The van der Waals surface area contributed by atoms with Crippen LogP contribution in [0.1, 0.15) is 37.4 Å². The molecule has 1 saturated carbocycles. The van der Waals surface area contributed by atoms with Crippen molar-refractivity contribution in [1.82, 2.24) is 9.97 Å². The van der Waals surface area contributed by atoms with Gasteiger partial charge >= 0.3 is 0 Å². The van der Waals surface area contributed by atoms with Crippen LogP contribution in [0.5, 0.6) is 5.75 Å². The molecular weight excluding hydrogens is 476 g/mol. The zero-order valence-electron chi connectivity index (χ0n) is 21.7. The molecule has 4 N–H and O–H groups in total. The van der Waals surface area contributed by atoms with E-state index in [0.717, 1.165) is 36.3 Å². The fourth-order valence-electron chi connectivity index (χ4n) is 4.96. The third kappa shape index (κ3) is 6.63. The lowest BCUT2D eigenvalue weighted by atomic mass is 9.88. The number of methoxy groups -OCH3 is 1. The van der Waals surface area contributed by atoms with E-state index >= 15 is 0 Å². The summed E-state index contributed by atoms with van der Waals surface area (Å²) in [6, 6.07) is 7.96. The van der Waals surface area contributed by atoms with Crippen LogP contribution in [0, 0.1) is 18.8 Å². The third-order valence-corrected chi connectivity index (χ3v) is 7.24. The number of aliphatic hydroxyl groups is 3. The Morgan fingerprint density at radius 1 is 1.24 bits per heavy atom. The van der Waals surface area contributed by atoms with E-state index in [2.05, 4.69) is 20.3 Å². The van der Waals surface area contributed by atoms with Crippen molar-refractivity contribution < 1.29 is 29.5 Å². The van der Waals surface area contributed by atoms with Gasteiger partial charge in [-0.3, -0.25) is 4.99 Å². The van der Waals surface area contributed by atoms with Crippen molar-refractivity contribution in [3.8, 4) is 5.75 Å². The molecule has 1 aromatic carbocycles. The van der Waals surface area contributed by atoms with Crippen molar-refractivity contribution in [2.75, 3.05) is 25.6 Å². The van der Waals surface area contributed by atoms with E-state index in [1.54, 1.807) is 13.3 Å². The largest absolute Gasteiger partial charge is 0.497 e. The predicted molar refractivity (Wildman–Crippen MR) is 139 cm³/mol. The Labute approximate surface area is 217 Å². The molecule has 1 saturated heterocycles. The van der Waals surface area contributed by atoms with Gasteiger partial charge in [0.2, 0.25) is 0 Å². The molecule has 0 spiro atoms. The molecule has 7 atom stereocenters. The Hall–Kier alpha value is -2.63. The first kappa shape index (κ1) is 27.4. The van der Waals surface area contributed by atoms with Gasteiger partial charge < -0.3 is 34.8 Å². The molecule has 1 aliphatic heterocycles.